The minimum Gasteiger partial charge on any atom is -0.370 e. The summed E-state index contributed by atoms with van der Waals surface area (Å²) in [6.07, 6.45) is 6.44. The molecule has 0 amide bonds. The molecule has 0 unspecified atom stereocenters. The zero-order valence-corrected chi connectivity index (χ0v) is 15.2. The van der Waals surface area contributed by atoms with Gasteiger partial charge in [-0.1, -0.05) is 64.0 Å². The van der Waals surface area contributed by atoms with Gasteiger partial charge in [0.05, 0.1) is 12.2 Å². The maximum Gasteiger partial charge on any atom is 0.0776 e. The van der Waals surface area contributed by atoms with Crippen molar-refractivity contribution < 1.29 is 4.74 Å². The third-order valence-corrected chi connectivity index (χ3v) is 6.21. The van der Waals surface area contributed by atoms with Gasteiger partial charge in [-0.15, -0.1) is 0 Å². The van der Waals surface area contributed by atoms with Crippen molar-refractivity contribution in [3.8, 4) is 0 Å². The SMILES string of the molecule is CCC1CCC(CI)(OCc2ccc(Br)cc2)CC1. The molecule has 106 valence electrons. The summed E-state index contributed by atoms with van der Waals surface area (Å²) in [5.74, 6) is 0.923. The summed E-state index contributed by atoms with van der Waals surface area (Å²) in [6, 6.07) is 8.46. The molecule has 1 saturated carbocycles. The van der Waals surface area contributed by atoms with Crippen LogP contribution >= 0.6 is 38.5 Å². The van der Waals surface area contributed by atoms with Crippen molar-refractivity contribution in [3.63, 3.8) is 0 Å². The smallest absolute Gasteiger partial charge is 0.0776 e. The Balaban J connectivity index is 1.90. The number of hydrogen-bond acceptors (Lipinski definition) is 1. The summed E-state index contributed by atoms with van der Waals surface area (Å²) in [4.78, 5) is 0. The minimum absolute atomic E-state index is 0.124. The van der Waals surface area contributed by atoms with Crippen molar-refractivity contribution in [2.24, 2.45) is 5.92 Å². The molecule has 1 aliphatic carbocycles. The molecule has 0 radical (unpaired) electrons. The Bertz CT molecular complexity index is 382. The molecule has 0 aromatic heterocycles. The van der Waals surface area contributed by atoms with Crippen LogP contribution in [0.15, 0.2) is 28.7 Å². The second-order valence-corrected chi connectivity index (χ2v) is 7.26. The molecule has 1 nitrogen and oxygen atoms in total. The first-order valence-corrected chi connectivity index (χ1v) is 9.44. The molecule has 19 heavy (non-hydrogen) atoms. The van der Waals surface area contributed by atoms with Crippen LogP contribution in [0, 0.1) is 5.92 Å². The van der Waals surface area contributed by atoms with E-state index in [-0.39, 0.29) is 5.60 Å². The molecule has 0 spiro atoms. The van der Waals surface area contributed by atoms with Crippen LogP contribution in [0.3, 0.4) is 0 Å². The molecule has 1 aromatic rings. The van der Waals surface area contributed by atoms with E-state index in [2.05, 4.69) is 69.7 Å². The summed E-state index contributed by atoms with van der Waals surface area (Å²) in [6.45, 7) is 3.05. The van der Waals surface area contributed by atoms with Crippen LogP contribution < -0.4 is 0 Å². The van der Waals surface area contributed by atoms with Crippen molar-refractivity contribution in [2.75, 3.05) is 4.43 Å². The van der Waals surface area contributed by atoms with Crippen molar-refractivity contribution in [2.45, 2.75) is 51.2 Å². The summed E-state index contributed by atoms with van der Waals surface area (Å²) in [5.41, 5.74) is 1.39. The zero-order valence-electron chi connectivity index (χ0n) is 11.5. The van der Waals surface area contributed by atoms with Gasteiger partial charge in [-0.2, -0.15) is 0 Å². The maximum absolute atomic E-state index is 6.32. The van der Waals surface area contributed by atoms with E-state index >= 15 is 0 Å². The van der Waals surface area contributed by atoms with E-state index in [9.17, 15) is 0 Å². The van der Waals surface area contributed by atoms with Crippen molar-refractivity contribution >= 4 is 38.5 Å². The highest BCUT2D eigenvalue weighted by molar-refractivity contribution is 14.1. The molecular weight excluding hydrogens is 415 g/mol. The van der Waals surface area contributed by atoms with Crippen LogP contribution in [0.5, 0.6) is 0 Å². The predicted molar refractivity (Wildman–Crippen MR) is 92.8 cm³/mol. The van der Waals surface area contributed by atoms with Gasteiger partial charge in [0.1, 0.15) is 0 Å². The molecule has 0 aliphatic heterocycles. The van der Waals surface area contributed by atoms with Gasteiger partial charge in [-0.25, -0.2) is 0 Å². The molecule has 1 aliphatic rings. The lowest BCUT2D eigenvalue weighted by molar-refractivity contribution is -0.0690. The first-order chi connectivity index (χ1) is 9.17. The van der Waals surface area contributed by atoms with E-state index in [0.717, 1.165) is 21.4 Å². The molecular formula is C16H22BrIO. The van der Waals surface area contributed by atoms with E-state index < -0.39 is 0 Å². The molecule has 3 heteroatoms. The van der Waals surface area contributed by atoms with Gasteiger partial charge in [0.2, 0.25) is 0 Å². The van der Waals surface area contributed by atoms with Gasteiger partial charge >= 0.3 is 0 Å². The largest absolute Gasteiger partial charge is 0.370 e. The number of benzene rings is 1. The Morgan fingerprint density at radius 1 is 1.26 bits per heavy atom. The number of halogens is 2. The van der Waals surface area contributed by atoms with E-state index in [1.165, 1.54) is 37.7 Å². The van der Waals surface area contributed by atoms with Crippen LogP contribution in [-0.2, 0) is 11.3 Å². The zero-order chi connectivity index (χ0) is 13.7. The highest BCUT2D eigenvalue weighted by Crippen LogP contribution is 2.38. The second-order valence-electron chi connectivity index (χ2n) is 5.58. The summed E-state index contributed by atoms with van der Waals surface area (Å²) in [7, 11) is 0. The predicted octanol–water partition coefficient (Wildman–Crippen LogP) is 5.74. The van der Waals surface area contributed by atoms with Crippen LogP contribution in [0.2, 0.25) is 0 Å². The van der Waals surface area contributed by atoms with Crippen molar-refractivity contribution in [1.82, 2.24) is 0 Å². The van der Waals surface area contributed by atoms with Gasteiger partial charge in [0, 0.05) is 8.90 Å². The van der Waals surface area contributed by atoms with Crippen molar-refractivity contribution in [3.05, 3.63) is 34.3 Å². The fraction of sp³-hybridized carbons (Fsp3) is 0.625. The Hall–Kier alpha value is 0.390. The molecule has 2 rings (SSSR count). The third kappa shape index (κ3) is 4.43. The Labute approximate surface area is 138 Å². The molecule has 1 fully saturated rings. The minimum atomic E-state index is 0.124. The van der Waals surface area contributed by atoms with E-state index in [4.69, 9.17) is 4.74 Å². The first-order valence-electron chi connectivity index (χ1n) is 7.12. The highest BCUT2D eigenvalue weighted by atomic mass is 127. The molecule has 0 bridgehead atoms. The van der Waals surface area contributed by atoms with Gasteiger partial charge in [0.15, 0.2) is 0 Å². The standard InChI is InChI=1S/C16H22BrIO/c1-2-13-7-9-16(12-18,10-8-13)19-11-14-3-5-15(17)6-4-14/h3-6,13H,2,7-12H2,1H3. The van der Waals surface area contributed by atoms with Gasteiger partial charge < -0.3 is 4.74 Å². The number of rotatable bonds is 5. The van der Waals surface area contributed by atoms with Crippen LogP contribution in [0.4, 0.5) is 0 Å². The topological polar surface area (TPSA) is 9.23 Å². The average molecular weight is 437 g/mol. The molecule has 1 aromatic carbocycles. The normalized spacial score (nSPS) is 27.4. The Kier molecular flexibility index (Phi) is 6.15. The first kappa shape index (κ1) is 15.8. The Morgan fingerprint density at radius 2 is 1.89 bits per heavy atom. The van der Waals surface area contributed by atoms with E-state index in [1.54, 1.807) is 0 Å². The number of alkyl halides is 1. The summed E-state index contributed by atoms with van der Waals surface area (Å²) < 4.78 is 8.55. The van der Waals surface area contributed by atoms with Gasteiger partial charge in [0.25, 0.3) is 0 Å². The monoisotopic (exact) mass is 436 g/mol. The molecule has 0 atom stereocenters. The lowest BCUT2D eigenvalue weighted by Gasteiger charge is -2.39. The third-order valence-electron chi connectivity index (χ3n) is 4.30. The molecule has 0 saturated heterocycles. The fourth-order valence-electron chi connectivity index (χ4n) is 2.75. The Morgan fingerprint density at radius 3 is 2.42 bits per heavy atom. The van der Waals surface area contributed by atoms with Gasteiger partial charge in [-0.05, 0) is 49.3 Å². The fourth-order valence-corrected chi connectivity index (χ4v) is 3.99. The lowest BCUT2D eigenvalue weighted by Crippen LogP contribution is -2.38. The quantitative estimate of drug-likeness (QED) is 0.422. The van der Waals surface area contributed by atoms with Gasteiger partial charge in [-0.3, -0.25) is 0 Å². The van der Waals surface area contributed by atoms with Crippen LogP contribution in [0.1, 0.15) is 44.6 Å². The van der Waals surface area contributed by atoms with Crippen LogP contribution in [0.25, 0.3) is 0 Å². The molecule has 0 heterocycles. The van der Waals surface area contributed by atoms with Crippen molar-refractivity contribution in [1.29, 1.82) is 0 Å². The average Bonchev–Trinajstić information content (AvgIpc) is 2.47. The number of ether oxygens (including phenoxy) is 1. The molecule has 0 N–H and O–H groups in total. The second kappa shape index (κ2) is 7.41. The highest BCUT2D eigenvalue weighted by Gasteiger charge is 2.34. The van der Waals surface area contributed by atoms with E-state index in [0.29, 0.717) is 0 Å². The maximum atomic E-state index is 6.32. The lowest BCUT2D eigenvalue weighted by atomic mass is 9.79. The number of hydrogen-bond donors (Lipinski definition) is 0. The van der Waals surface area contributed by atoms with Crippen LogP contribution in [-0.4, -0.2) is 10.0 Å². The summed E-state index contributed by atoms with van der Waals surface area (Å²) >= 11 is 5.96. The van der Waals surface area contributed by atoms with E-state index in [1.807, 2.05) is 0 Å². The summed E-state index contributed by atoms with van der Waals surface area (Å²) in [5, 5.41) is 0.